The molecule has 2 aromatic rings. The third kappa shape index (κ3) is 3.33. The quantitative estimate of drug-likeness (QED) is 0.834. The minimum Gasteiger partial charge on any atom is -0.398 e. The molecule has 1 aromatic heterocycles. The van der Waals surface area contributed by atoms with Crippen LogP contribution in [0.1, 0.15) is 22.2 Å². The van der Waals surface area contributed by atoms with Crippen molar-refractivity contribution < 1.29 is 9.18 Å². The number of benzene rings is 1. The van der Waals surface area contributed by atoms with Gasteiger partial charge in [0.2, 0.25) is 0 Å². The molecule has 0 saturated carbocycles. The Bertz CT molecular complexity index is 643. The monoisotopic (exact) mass is 307 g/mol. The molecule has 4 N–H and O–H groups in total. The predicted octanol–water partition coefficient (Wildman–Crippen LogP) is 2.64. The van der Waals surface area contributed by atoms with Crippen molar-refractivity contribution in [1.29, 1.82) is 0 Å². The topological polar surface area (TPSA) is 72.3 Å². The van der Waals surface area contributed by atoms with E-state index in [2.05, 4.69) is 0 Å². The number of carbonyl (C=O) groups excluding carboxylic acids is 1. The molecule has 0 radical (unpaired) electrons. The van der Waals surface area contributed by atoms with Crippen LogP contribution in [0, 0.1) is 5.82 Å². The fraction of sp³-hybridized carbons (Fsp3) is 0.267. The maximum absolute atomic E-state index is 14.1. The molecule has 0 aliphatic carbocycles. The highest BCUT2D eigenvalue weighted by atomic mass is 32.1. The van der Waals surface area contributed by atoms with Crippen LogP contribution < -0.4 is 16.4 Å². The zero-order chi connectivity index (χ0) is 15.6. The average Bonchev–Trinajstić information content (AvgIpc) is 2.90. The van der Waals surface area contributed by atoms with Gasteiger partial charge in [0.15, 0.2) is 0 Å². The van der Waals surface area contributed by atoms with E-state index < -0.39 is 11.7 Å². The van der Waals surface area contributed by atoms with E-state index in [1.54, 1.807) is 23.3 Å². The molecule has 0 fully saturated rings. The predicted molar refractivity (Wildman–Crippen MR) is 85.2 cm³/mol. The van der Waals surface area contributed by atoms with Crippen molar-refractivity contribution in [2.45, 2.75) is 19.4 Å². The second kappa shape index (κ2) is 6.13. The van der Waals surface area contributed by atoms with Crippen LogP contribution in [-0.4, -0.2) is 19.0 Å². The van der Waals surface area contributed by atoms with E-state index in [-0.39, 0.29) is 17.3 Å². The van der Waals surface area contributed by atoms with Gasteiger partial charge in [-0.1, -0.05) is 6.07 Å². The van der Waals surface area contributed by atoms with Crippen LogP contribution in [0.4, 0.5) is 15.8 Å². The first-order chi connectivity index (χ1) is 9.90. The number of rotatable bonds is 5. The third-order valence-corrected chi connectivity index (χ3v) is 4.40. The number of amides is 1. The highest BCUT2D eigenvalue weighted by Crippen LogP contribution is 2.27. The number of likely N-dealkylation sites (N-methyl/N-ethyl adjacent to an activating group) is 1. The van der Waals surface area contributed by atoms with Gasteiger partial charge in [-0.05, 0) is 30.5 Å². The third-order valence-electron chi connectivity index (χ3n) is 3.50. The molecule has 4 nitrogen and oxygen atoms in total. The van der Waals surface area contributed by atoms with Gasteiger partial charge in [-0.15, -0.1) is 11.3 Å². The second-order valence-electron chi connectivity index (χ2n) is 5.00. The van der Waals surface area contributed by atoms with Crippen LogP contribution in [0.2, 0.25) is 0 Å². The lowest BCUT2D eigenvalue weighted by atomic mass is 10.1. The van der Waals surface area contributed by atoms with Crippen LogP contribution in [0.3, 0.4) is 0 Å². The van der Waals surface area contributed by atoms with E-state index >= 15 is 0 Å². The molecule has 1 heterocycles. The molecule has 0 aliphatic heterocycles. The maximum atomic E-state index is 14.1. The van der Waals surface area contributed by atoms with Crippen molar-refractivity contribution >= 4 is 28.6 Å². The summed E-state index contributed by atoms with van der Waals surface area (Å²) in [5.74, 6) is -1.12. The smallest absolute Gasteiger partial charge is 0.250 e. The maximum Gasteiger partial charge on any atom is 0.250 e. The van der Waals surface area contributed by atoms with Gasteiger partial charge < -0.3 is 16.4 Å². The summed E-state index contributed by atoms with van der Waals surface area (Å²) in [4.78, 5) is 14.4. The Morgan fingerprint density at radius 1 is 1.48 bits per heavy atom. The number of nitrogens with zero attached hydrogens (tertiary/aromatic N) is 1. The van der Waals surface area contributed by atoms with Crippen molar-refractivity contribution in [1.82, 2.24) is 0 Å². The summed E-state index contributed by atoms with van der Waals surface area (Å²) in [5.41, 5.74) is 11.4. The summed E-state index contributed by atoms with van der Waals surface area (Å²) in [6.07, 6.45) is 0.796. The molecule has 21 heavy (non-hydrogen) atoms. The molecule has 1 atom stereocenters. The van der Waals surface area contributed by atoms with Gasteiger partial charge in [-0.2, -0.15) is 0 Å². The first-order valence-corrected chi connectivity index (χ1v) is 7.42. The van der Waals surface area contributed by atoms with Crippen molar-refractivity contribution in [2.75, 3.05) is 17.7 Å². The van der Waals surface area contributed by atoms with Crippen LogP contribution in [0.25, 0.3) is 0 Å². The zero-order valence-corrected chi connectivity index (χ0v) is 12.8. The second-order valence-corrected chi connectivity index (χ2v) is 6.03. The molecule has 0 aliphatic rings. The normalized spacial score (nSPS) is 12.1. The number of carbonyl (C=O) groups is 1. The van der Waals surface area contributed by atoms with E-state index in [1.165, 1.54) is 10.9 Å². The summed E-state index contributed by atoms with van der Waals surface area (Å²) >= 11 is 1.66. The molecule has 1 aromatic carbocycles. The molecular weight excluding hydrogens is 289 g/mol. The van der Waals surface area contributed by atoms with Crippen LogP contribution in [0.15, 0.2) is 29.6 Å². The van der Waals surface area contributed by atoms with Gasteiger partial charge in [-0.25, -0.2) is 4.39 Å². The summed E-state index contributed by atoms with van der Waals surface area (Å²) in [5, 5.41) is 2.01. The van der Waals surface area contributed by atoms with Gasteiger partial charge >= 0.3 is 0 Å². The average molecular weight is 307 g/mol. The summed E-state index contributed by atoms with van der Waals surface area (Å²) in [7, 11) is 1.79. The Morgan fingerprint density at radius 2 is 2.19 bits per heavy atom. The number of halogens is 1. The summed E-state index contributed by atoms with van der Waals surface area (Å²) in [6.45, 7) is 2.00. The minimum absolute atomic E-state index is 0.0584. The van der Waals surface area contributed by atoms with Crippen molar-refractivity contribution in [3.8, 4) is 0 Å². The van der Waals surface area contributed by atoms with E-state index in [0.29, 0.717) is 5.69 Å². The highest BCUT2D eigenvalue weighted by molar-refractivity contribution is 7.09. The highest BCUT2D eigenvalue weighted by Gasteiger charge is 2.18. The van der Waals surface area contributed by atoms with Gasteiger partial charge in [-0.3, -0.25) is 4.79 Å². The number of nitrogens with two attached hydrogens (primary N) is 2. The molecule has 0 saturated heterocycles. The van der Waals surface area contributed by atoms with E-state index in [0.717, 1.165) is 12.5 Å². The number of nitrogen functional groups attached to an aromatic ring is 1. The number of thiophene rings is 1. The van der Waals surface area contributed by atoms with E-state index in [1.807, 2.05) is 24.4 Å². The van der Waals surface area contributed by atoms with Crippen molar-refractivity contribution in [3.05, 3.63) is 45.9 Å². The SMILES string of the molecule is CC(Cc1cccs1)N(C)c1cc(C(N)=O)c(N)cc1F. The first kappa shape index (κ1) is 15.3. The van der Waals surface area contributed by atoms with Gasteiger partial charge in [0.25, 0.3) is 5.91 Å². The first-order valence-electron chi connectivity index (χ1n) is 6.54. The Hall–Kier alpha value is -2.08. The molecule has 0 spiro atoms. The lowest BCUT2D eigenvalue weighted by Gasteiger charge is -2.27. The van der Waals surface area contributed by atoms with Crippen molar-refractivity contribution in [2.24, 2.45) is 5.73 Å². The van der Waals surface area contributed by atoms with E-state index in [9.17, 15) is 9.18 Å². The lowest BCUT2D eigenvalue weighted by molar-refractivity contribution is 0.100. The Balaban J connectivity index is 2.27. The van der Waals surface area contributed by atoms with E-state index in [4.69, 9.17) is 11.5 Å². The molecule has 112 valence electrons. The minimum atomic E-state index is -0.659. The van der Waals surface area contributed by atoms with Crippen LogP contribution >= 0.6 is 11.3 Å². The molecule has 1 unspecified atom stereocenters. The van der Waals surface area contributed by atoms with Gasteiger partial charge in [0.05, 0.1) is 11.3 Å². The number of hydrogen-bond donors (Lipinski definition) is 2. The molecular formula is C15H18FN3OS. The Kier molecular flexibility index (Phi) is 4.47. The largest absolute Gasteiger partial charge is 0.398 e. The zero-order valence-electron chi connectivity index (χ0n) is 12.0. The summed E-state index contributed by atoms with van der Waals surface area (Å²) < 4.78 is 14.1. The number of anilines is 2. The molecule has 6 heteroatoms. The summed E-state index contributed by atoms with van der Waals surface area (Å²) in [6, 6.07) is 6.66. The fourth-order valence-electron chi connectivity index (χ4n) is 2.16. The van der Waals surface area contributed by atoms with Crippen molar-refractivity contribution in [3.63, 3.8) is 0 Å². The Labute approximate surface area is 127 Å². The number of hydrogen-bond acceptors (Lipinski definition) is 4. The fourth-order valence-corrected chi connectivity index (χ4v) is 2.98. The lowest BCUT2D eigenvalue weighted by Crippen LogP contribution is -2.31. The standard InChI is InChI=1S/C15H18FN3OS/c1-9(6-10-4-3-5-21-10)19(2)14-7-11(15(18)20)13(17)8-12(14)16/h3-5,7-9H,6,17H2,1-2H3,(H2,18,20). The van der Waals surface area contributed by atoms with Crippen LogP contribution in [-0.2, 0) is 6.42 Å². The Morgan fingerprint density at radius 3 is 2.76 bits per heavy atom. The van der Waals surface area contributed by atoms with Gasteiger partial charge in [0.1, 0.15) is 5.82 Å². The molecule has 1 amide bonds. The van der Waals surface area contributed by atoms with Crippen LogP contribution in [0.5, 0.6) is 0 Å². The van der Waals surface area contributed by atoms with Gasteiger partial charge in [0, 0.05) is 30.1 Å². The molecule has 0 bridgehead atoms. The number of primary amides is 1. The molecule has 2 rings (SSSR count).